The first-order chi connectivity index (χ1) is 13.9. The normalized spacial score (nSPS) is 19.8. The van der Waals surface area contributed by atoms with Crippen molar-refractivity contribution in [2.45, 2.75) is 50.0 Å². The van der Waals surface area contributed by atoms with E-state index >= 15 is 0 Å². The van der Waals surface area contributed by atoms with Crippen LogP contribution < -0.4 is 10.1 Å². The van der Waals surface area contributed by atoms with Gasteiger partial charge in [0.25, 0.3) is 5.91 Å². The number of amides is 1. The molecule has 6 nitrogen and oxygen atoms in total. The van der Waals surface area contributed by atoms with Gasteiger partial charge >= 0.3 is 0 Å². The van der Waals surface area contributed by atoms with Gasteiger partial charge in [-0.15, -0.1) is 0 Å². The third-order valence-electron chi connectivity index (χ3n) is 5.58. The van der Waals surface area contributed by atoms with Crippen molar-refractivity contribution in [2.24, 2.45) is 0 Å². The zero-order valence-corrected chi connectivity index (χ0v) is 17.4. The van der Waals surface area contributed by atoms with Gasteiger partial charge in [0.15, 0.2) is 6.10 Å². The van der Waals surface area contributed by atoms with Crippen LogP contribution in [-0.4, -0.2) is 37.8 Å². The summed E-state index contributed by atoms with van der Waals surface area (Å²) in [4.78, 5) is 12.9. The van der Waals surface area contributed by atoms with Crippen molar-refractivity contribution in [1.82, 2.24) is 4.31 Å². The molecular weight excluding hydrogens is 388 g/mol. The van der Waals surface area contributed by atoms with E-state index in [9.17, 15) is 13.2 Å². The largest absolute Gasteiger partial charge is 0.480 e. The Balaban J connectivity index is 1.52. The number of nitrogens with one attached hydrogen (secondary N) is 1. The number of nitrogens with zero attached hydrogens (tertiary/aromatic N) is 1. The molecule has 2 aromatic rings. The summed E-state index contributed by atoms with van der Waals surface area (Å²) in [6, 6.07) is 12.6. The standard InChI is InChI=1S/C22H26N2O4S/c1-16-10-11-18(15-21(16)29(26,27)24-12-6-2-3-7-13-24)23-22(25)20-14-17-8-4-5-9-19(17)28-20/h4-5,8-11,15,20H,2-3,6-7,12-14H2,1H3,(H,23,25). The van der Waals surface area contributed by atoms with E-state index in [-0.39, 0.29) is 10.8 Å². The monoisotopic (exact) mass is 414 g/mol. The lowest BCUT2D eigenvalue weighted by Crippen LogP contribution is -2.33. The number of ether oxygens (including phenoxy) is 1. The van der Waals surface area contributed by atoms with Gasteiger partial charge in [-0.2, -0.15) is 4.31 Å². The fraction of sp³-hybridized carbons (Fsp3) is 0.409. The molecule has 2 aliphatic heterocycles. The number of para-hydroxylation sites is 1. The Morgan fingerprint density at radius 3 is 2.52 bits per heavy atom. The number of hydrogen-bond donors (Lipinski definition) is 1. The molecule has 1 saturated heterocycles. The molecule has 0 radical (unpaired) electrons. The summed E-state index contributed by atoms with van der Waals surface area (Å²) >= 11 is 0. The third-order valence-corrected chi connectivity index (χ3v) is 7.62. The number of rotatable bonds is 4. The molecule has 0 saturated carbocycles. The maximum atomic E-state index is 13.2. The van der Waals surface area contributed by atoms with E-state index in [1.54, 1.807) is 29.4 Å². The Kier molecular flexibility index (Phi) is 5.61. The van der Waals surface area contributed by atoms with Crippen molar-refractivity contribution >= 4 is 21.6 Å². The number of benzene rings is 2. The molecular formula is C22H26N2O4S. The van der Waals surface area contributed by atoms with Crippen LogP contribution in [0.3, 0.4) is 0 Å². The average Bonchev–Trinajstić information content (AvgIpc) is 2.95. The molecule has 0 aromatic heterocycles. The molecule has 0 bridgehead atoms. The van der Waals surface area contributed by atoms with Crippen LogP contribution in [0.5, 0.6) is 5.75 Å². The smallest absolute Gasteiger partial charge is 0.265 e. The zero-order chi connectivity index (χ0) is 20.4. The molecule has 1 fully saturated rings. The molecule has 29 heavy (non-hydrogen) atoms. The van der Waals surface area contributed by atoms with Crippen LogP contribution in [0.15, 0.2) is 47.4 Å². The molecule has 2 heterocycles. The van der Waals surface area contributed by atoms with Gasteiger partial charge in [0.2, 0.25) is 10.0 Å². The molecule has 2 aliphatic rings. The predicted octanol–water partition coefficient (Wildman–Crippen LogP) is 3.50. The van der Waals surface area contributed by atoms with Crippen molar-refractivity contribution < 1.29 is 17.9 Å². The van der Waals surface area contributed by atoms with Crippen molar-refractivity contribution in [3.05, 3.63) is 53.6 Å². The number of aryl methyl sites for hydroxylation is 1. The molecule has 0 spiro atoms. The predicted molar refractivity (Wildman–Crippen MR) is 112 cm³/mol. The molecule has 7 heteroatoms. The summed E-state index contributed by atoms with van der Waals surface area (Å²) < 4.78 is 33.7. The number of carbonyl (C=O) groups is 1. The quantitative estimate of drug-likeness (QED) is 0.831. The number of sulfonamides is 1. The zero-order valence-electron chi connectivity index (χ0n) is 16.6. The summed E-state index contributed by atoms with van der Waals surface area (Å²) in [5, 5.41) is 2.83. The molecule has 1 amide bonds. The number of hydrogen-bond acceptors (Lipinski definition) is 4. The van der Waals surface area contributed by atoms with E-state index in [4.69, 9.17) is 4.74 Å². The Bertz CT molecular complexity index is 986. The summed E-state index contributed by atoms with van der Waals surface area (Å²) in [6.07, 6.45) is 3.78. The average molecular weight is 415 g/mol. The Morgan fingerprint density at radius 1 is 1.07 bits per heavy atom. The minimum atomic E-state index is -3.59. The second-order valence-electron chi connectivity index (χ2n) is 7.71. The highest BCUT2D eigenvalue weighted by Gasteiger charge is 2.30. The Labute approximate surface area is 171 Å². The van der Waals surface area contributed by atoms with Crippen molar-refractivity contribution in [2.75, 3.05) is 18.4 Å². The van der Waals surface area contributed by atoms with Gasteiger partial charge in [0.1, 0.15) is 5.75 Å². The van der Waals surface area contributed by atoms with Crippen LogP contribution in [0.1, 0.15) is 36.8 Å². The first-order valence-electron chi connectivity index (χ1n) is 10.1. The highest BCUT2D eigenvalue weighted by Crippen LogP contribution is 2.30. The number of anilines is 1. The minimum absolute atomic E-state index is 0.257. The number of carbonyl (C=O) groups excluding carboxylic acids is 1. The molecule has 1 unspecified atom stereocenters. The fourth-order valence-electron chi connectivity index (χ4n) is 3.93. The summed E-state index contributed by atoms with van der Waals surface area (Å²) in [5.74, 6) is 0.448. The van der Waals surface area contributed by atoms with Crippen LogP contribution in [0.2, 0.25) is 0 Å². The SMILES string of the molecule is Cc1ccc(NC(=O)C2Cc3ccccc3O2)cc1S(=O)(=O)N1CCCCCC1. The second-order valence-corrected chi connectivity index (χ2v) is 9.61. The van der Waals surface area contributed by atoms with E-state index in [1.165, 1.54) is 0 Å². The van der Waals surface area contributed by atoms with Crippen molar-refractivity contribution in [3.8, 4) is 5.75 Å². The lowest BCUT2D eigenvalue weighted by molar-refractivity contribution is -0.122. The van der Waals surface area contributed by atoms with Crippen LogP contribution >= 0.6 is 0 Å². The maximum Gasteiger partial charge on any atom is 0.265 e. The topological polar surface area (TPSA) is 75.7 Å². The van der Waals surface area contributed by atoms with Crippen molar-refractivity contribution in [3.63, 3.8) is 0 Å². The van der Waals surface area contributed by atoms with Crippen LogP contribution in [0.4, 0.5) is 5.69 Å². The molecule has 1 N–H and O–H groups in total. The van der Waals surface area contributed by atoms with Gasteiger partial charge < -0.3 is 10.1 Å². The van der Waals surface area contributed by atoms with Gasteiger partial charge in [-0.25, -0.2) is 8.42 Å². The van der Waals surface area contributed by atoms with Crippen LogP contribution in [0.25, 0.3) is 0 Å². The van der Waals surface area contributed by atoms with E-state index in [0.29, 0.717) is 30.8 Å². The number of fused-ring (bicyclic) bond motifs is 1. The molecule has 1 atom stereocenters. The van der Waals surface area contributed by atoms with E-state index in [2.05, 4.69) is 5.32 Å². The summed E-state index contributed by atoms with van der Waals surface area (Å²) in [7, 11) is -3.59. The highest BCUT2D eigenvalue weighted by molar-refractivity contribution is 7.89. The maximum absolute atomic E-state index is 13.2. The van der Waals surface area contributed by atoms with Crippen molar-refractivity contribution in [1.29, 1.82) is 0 Å². The Hall–Kier alpha value is -2.38. The van der Waals surface area contributed by atoms with Gasteiger partial charge in [-0.05, 0) is 49.1 Å². The van der Waals surface area contributed by atoms with Gasteiger partial charge in [0, 0.05) is 25.2 Å². The fourth-order valence-corrected chi connectivity index (χ4v) is 5.70. The first-order valence-corrected chi connectivity index (χ1v) is 11.6. The molecule has 4 rings (SSSR count). The molecule has 154 valence electrons. The molecule has 2 aromatic carbocycles. The summed E-state index contributed by atoms with van der Waals surface area (Å²) in [5.41, 5.74) is 2.14. The van der Waals surface area contributed by atoms with E-state index in [0.717, 1.165) is 37.0 Å². The second kappa shape index (κ2) is 8.16. The van der Waals surface area contributed by atoms with Gasteiger partial charge in [0.05, 0.1) is 4.90 Å². The highest BCUT2D eigenvalue weighted by atomic mass is 32.2. The lowest BCUT2D eigenvalue weighted by Gasteiger charge is -2.21. The van der Waals surface area contributed by atoms with E-state index < -0.39 is 16.1 Å². The minimum Gasteiger partial charge on any atom is -0.480 e. The summed E-state index contributed by atoms with van der Waals surface area (Å²) in [6.45, 7) is 2.88. The van der Waals surface area contributed by atoms with Gasteiger partial charge in [-0.3, -0.25) is 4.79 Å². The van der Waals surface area contributed by atoms with Crippen LogP contribution in [-0.2, 0) is 21.2 Å². The van der Waals surface area contributed by atoms with Crippen LogP contribution in [0, 0.1) is 6.92 Å². The van der Waals surface area contributed by atoms with E-state index in [1.807, 2.05) is 24.3 Å². The third kappa shape index (κ3) is 4.16. The Morgan fingerprint density at radius 2 is 1.79 bits per heavy atom. The molecule has 0 aliphatic carbocycles. The lowest BCUT2D eigenvalue weighted by atomic mass is 10.1. The first kappa shape index (κ1) is 19.9. The van der Waals surface area contributed by atoms with Gasteiger partial charge in [-0.1, -0.05) is 37.1 Å².